The number of fused-ring (bicyclic) bond motifs is 2. The number of aromatic nitrogens is 2. The van der Waals surface area contributed by atoms with Crippen LogP contribution in [-0.4, -0.2) is 36.4 Å². The van der Waals surface area contributed by atoms with E-state index in [0.29, 0.717) is 46.2 Å². The molecule has 0 unspecified atom stereocenters. The maximum absolute atomic E-state index is 13.5. The molecule has 3 aromatic rings. The average molecular weight is 733 g/mol. The molecule has 3 rings (SSSR count). The van der Waals surface area contributed by atoms with Gasteiger partial charge >= 0.3 is 15.2 Å². The van der Waals surface area contributed by atoms with Crippen LogP contribution in [0.4, 0.5) is 0 Å². The van der Waals surface area contributed by atoms with Gasteiger partial charge in [0.2, 0.25) is 11.8 Å². The van der Waals surface area contributed by atoms with Crippen molar-refractivity contribution in [3.63, 3.8) is 0 Å². The number of nitrogens with zero attached hydrogens (tertiary/aromatic N) is 2. The van der Waals surface area contributed by atoms with E-state index in [1.165, 1.54) is 51.4 Å². The van der Waals surface area contributed by atoms with Crippen molar-refractivity contribution < 1.29 is 36.1 Å². The van der Waals surface area contributed by atoms with Crippen LogP contribution < -0.4 is 0 Å². The first kappa shape index (κ1) is 42.0. The third kappa shape index (κ3) is 13.0. The van der Waals surface area contributed by atoms with Crippen LogP contribution in [0.1, 0.15) is 154 Å². The van der Waals surface area contributed by atoms with Crippen molar-refractivity contribution in [1.29, 1.82) is 0 Å². The van der Waals surface area contributed by atoms with Gasteiger partial charge in [0.25, 0.3) is 0 Å². The molecule has 0 N–H and O–H groups in total. The Labute approximate surface area is 299 Å². The van der Waals surface area contributed by atoms with Gasteiger partial charge < -0.3 is 26.9 Å². The first-order chi connectivity index (χ1) is 24.3. The van der Waals surface area contributed by atoms with E-state index in [0.717, 1.165) is 25.7 Å². The monoisotopic (exact) mass is 732 g/mol. The Morgan fingerprint density at radius 3 is 1.20 bits per heavy atom. The van der Waals surface area contributed by atoms with Crippen LogP contribution >= 0.6 is 15.2 Å². The molecular weight excluding hydrogens is 674 g/mol. The Hall–Kier alpha value is -2.42. The summed E-state index contributed by atoms with van der Waals surface area (Å²) in [5, 5.41) is 0. The summed E-state index contributed by atoms with van der Waals surface area (Å²) in [6.07, 6.45) is 15.0. The van der Waals surface area contributed by atoms with E-state index in [-0.39, 0.29) is 50.5 Å². The highest BCUT2D eigenvalue weighted by Crippen LogP contribution is 2.53. The van der Waals surface area contributed by atoms with E-state index < -0.39 is 15.2 Å². The van der Waals surface area contributed by atoms with Gasteiger partial charge in [-0.05, 0) is 40.5 Å². The van der Waals surface area contributed by atoms with Crippen molar-refractivity contribution in [1.82, 2.24) is 9.97 Å². The van der Waals surface area contributed by atoms with E-state index in [9.17, 15) is 9.13 Å². The van der Waals surface area contributed by atoms with Gasteiger partial charge in [-0.3, -0.25) is 9.13 Å². The summed E-state index contributed by atoms with van der Waals surface area (Å²) in [5.74, 6) is 13.6. The molecule has 2 aromatic heterocycles. The summed E-state index contributed by atoms with van der Waals surface area (Å²) in [5.41, 5.74) is 2.61. The van der Waals surface area contributed by atoms with E-state index in [1.54, 1.807) is 27.7 Å². The number of benzene rings is 1. The lowest BCUT2D eigenvalue weighted by atomic mass is 10.1. The predicted molar refractivity (Wildman–Crippen MR) is 200 cm³/mol. The van der Waals surface area contributed by atoms with Crippen molar-refractivity contribution in [2.75, 3.05) is 26.4 Å². The zero-order chi connectivity index (χ0) is 36.2. The summed E-state index contributed by atoms with van der Waals surface area (Å²) < 4.78 is 61.8. The summed E-state index contributed by atoms with van der Waals surface area (Å²) in [4.78, 5) is 9.58. The fraction of sp³-hybridized carbons (Fsp3) is 0.684. The molecule has 0 amide bonds. The number of hydrogen-bond donors (Lipinski definition) is 0. The highest BCUT2D eigenvalue weighted by molar-refractivity contribution is 7.53. The van der Waals surface area contributed by atoms with Gasteiger partial charge in [-0.2, -0.15) is 0 Å². The summed E-state index contributed by atoms with van der Waals surface area (Å²) in [6.45, 7) is 12.3. The Morgan fingerprint density at radius 1 is 0.520 bits per heavy atom. The van der Waals surface area contributed by atoms with Crippen LogP contribution in [0.25, 0.3) is 22.2 Å². The fourth-order valence-corrected chi connectivity index (χ4v) is 8.67. The molecule has 0 aliphatic rings. The maximum atomic E-state index is 13.5. The van der Waals surface area contributed by atoms with Crippen LogP contribution in [-0.2, 0) is 39.5 Å². The van der Waals surface area contributed by atoms with Gasteiger partial charge in [0.15, 0.2) is 11.2 Å². The Balaban J connectivity index is 2.15. The minimum Gasteiger partial charge on any atom is -0.439 e. The van der Waals surface area contributed by atoms with Crippen LogP contribution in [0.15, 0.2) is 8.83 Å². The summed E-state index contributed by atoms with van der Waals surface area (Å²) in [7, 11) is -7.04. The molecule has 0 bridgehead atoms. The lowest BCUT2D eigenvalue weighted by Gasteiger charge is -2.14. The normalized spacial score (nSPS) is 12.0. The quantitative estimate of drug-likeness (QED) is 0.0499. The molecule has 0 spiro atoms. The Morgan fingerprint density at radius 2 is 0.860 bits per heavy atom. The number of unbranched alkanes of at least 4 members (excludes halogenated alkanes) is 12. The molecule has 10 nitrogen and oxygen atoms in total. The fourth-order valence-electron chi connectivity index (χ4n) is 5.65. The van der Waals surface area contributed by atoms with E-state index in [1.807, 2.05) is 0 Å². The third-order valence-electron chi connectivity index (χ3n) is 7.97. The largest absolute Gasteiger partial charge is 0.439 e. The van der Waals surface area contributed by atoms with Crippen molar-refractivity contribution in [2.24, 2.45) is 0 Å². The van der Waals surface area contributed by atoms with Crippen molar-refractivity contribution in [3.05, 3.63) is 22.9 Å². The van der Waals surface area contributed by atoms with Gasteiger partial charge in [-0.15, -0.1) is 0 Å². The lowest BCUT2D eigenvalue weighted by Crippen LogP contribution is -1.99. The van der Waals surface area contributed by atoms with Crippen LogP contribution in [0.3, 0.4) is 0 Å². The zero-order valence-corrected chi connectivity index (χ0v) is 33.0. The molecule has 12 heteroatoms. The second-order valence-electron chi connectivity index (χ2n) is 12.2. The lowest BCUT2D eigenvalue weighted by molar-refractivity contribution is 0.216. The SMILES string of the molecule is CCCCCCCCC#Cc1c2nc(CP(=O)(OCC)OCC)oc2c(C#CCCCCCCCC)c2nc(CP(=O)(OCC)OCC)oc12. The topological polar surface area (TPSA) is 123 Å². The van der Waals surface area contributed by atoms with Gasteiger partial charge in [0.1, 0.15) is 23.4 Å². The average Bonchev–Trinajstić information content (AvgIpc) is 3.68. The van der Waals surface area contributed by atoms with E-state index >= 15 is 0 Å². The molecule has 50 heavy (non-hydrogen) atoms. The first-order valence-electron chi connectivity index (χ1n) is 18.8. The highest BCUT2D eigenvalue weighted by Gasteiger charge is 2.32. The second kappa shape index (κ2) is 22.5. The Kier molecular flexibility index (Phi) is 18.9. The Bertz CT molecular complexity index is 1490. The standard InChI is InChI=1S/C38H58N2O8P2/c1-7-13-15-17-19-21-23-25-27-31-35-38(48-33(39-35)29-49(41,43-9-3)44-10-4)32(28-26-24-22-20-18-16-14-8-2)36-37(31)47-34(40-36)30-50(42,45-11-5)46-12-6/h7-24,29-30H2,1-6H3. The molecule has 1 aromatic carbocycles. The molecule has 0 saturated heterocycles. The zero-order valence-electron chi connectivity index (χ0n) is 31.2. The number of rotatable bonds is 24. The molecule has 0 atom stereocenters. The first-order valence-corrected chi connectivity index (χ1v) is 22.2. The number of oxazole rings is 2. The molecule has 2 heterocycles. The number of hydrogen-bond acceptors (Lipinski definition) is 10. The van der Waals surface area contributed by atoms with Gasteiger partial charge in [0.05, 0.1) is 37.6 Å². The molecule has 0 aliphatic carbocycles. The maximum Gasteiger partial charge on any atom is 0.339 e. The minimum atomic E-state index is -3.52. The molecule has 0 aliphatic heterocycles. The molecular formula is C38H58N2O8P2. The van der Waals surface area contributed by atoms with E-state index in [2.05, 4.69) is 37.5 Å². The van der Waals surface area contributed by atoms with Crippen molar-refractivity contribution in [2.45, 2.75) is 144 Å². The molecule has 0 radical (unpaired) electrons. The van der Waals surface area contributed by atoms with Crippen molar-refractivity contribution >= 4 is 37.4 Å². The summed E-state index contributed by atoms with van der Waals surface area (Å²) in [6, 6.07) is 0. The third-order valence-corrected chi connectivity index (χ3v) is 11.9. The summed E-state index contributed by atoms with van der Waals surface area (Å²) >= 11 is 0. The van der Waals surface area contributed by atoms with Crippen molar-refractivity contribution in [3.8, 4) is 23.7 Å². The smallest absolute Gasteiger partial charge is 0.339 e. The van der Waals surface area contributed by atoms with E-state index in [4.69, 9.17) is 36.9 Å². The predicted octanol–water partition coefficient (Wildman–Crippen LogP) is 11.7. The molecule has 278 valence electrons. The van der Waals surface area contributed by atoms with Gasteiger partial charge in [0, 0.05) is 12.8 Å². The van der Waals surface area contributed by atoms with Gasteiger partial charge in [-0.25, -0.2) is 9.97 Å². The highest BCUT2D eigenvalue weighted by atomic mass is 31.2. The molecule has 0 saturated carbocycles. The van der Waals surface area contributed by atoms with Crippen LogP contribution in [0.5, 0.6) is 0 Å². The molecule has 0 fully saturated rings. The minimum absolute atomic E-state index is 0.148. The van der Waals surface area contributed by atoms with Crippen LogP contribution in [0.2, 0.25) is 0 Å². The van der Waals surface area contributed by atoms with Gasteiger partial charge in [-0.1, -0.05) is 102 Å². The van der Waals surface area contributed by atoms with Crippen LogP contribution in [0, 0.1) is 23.7 Å². The second-order valence-corrected chi connectivity index (χ2v) is 16.3.